The number of hydrogen-bond donors (Lipinski definition) is 2. The third kappa shape index (κ3) is 1.64. The van der Waals surface area contributed by atoms with Crippen LogP contribution in [0.1, 0.15) is 37.1 Å². The lowest BCUT2D eigenvalue weighted by Gasteiger charge is -2.16. The molecule has 16 heavy (non-hydrogen) atoms. The average molecular weight is 218 g/mol. The van der Waals surface area contributed by atoms with Gasteiger partial charge in [-0.05, 0) is 6.07 Å². The van der Waals surface area contributed by atoms with Crippen LogP contribution in [0.3, 0.4) is 0 Å². The van der Waals surface area contributed by atoms with Gasteiger partial charge in [0.25, 0.3) is 5.91 Å². The van der Waals surface area contributed by atoms with Crippen LogP contribution in [0.25, 0.3) is 11.0 Å². The summed E-state index contributed by atoms with van der Waals surface area (Å²) in [7, 11) is 0. The van der Waals surface area contributed by atoms with Gasteiger partial charge in [-0.3, -0.25) is 4.79 Å². The Morgan fingerprint density at radius 3 is 2.62 bits per heavy atom. The quantitative estimate of drug-likeness (QED) is 0.757. The van der Waals surface area contributed by atoms with Gasteiger partial charge in [0.1, 0.15) is 5.82 Å². The Morgan fingerprint density at radius 1 is 1.38 bits per heavy atom. The van der Waals surface area contributed by atoms with Crippen LogP contribution >= 0.6 is 0 Å². The van der Waals surface area contributed by atoms with Gasteiger partial charge in [0.15, 0.2) is 5.69 Å². The van der Waals surface area contributed by atoms with Crippen LogP contribution in [0.2, 0.25) is 0 Å². The monoisotopic (exact) mass is 218 g/mol. The molecule has 0 atom stereocenters. The predicted molar refractivity (Wildman–Crippen MR) is 61.1 cm³/mol. The Morgan fingerprint density at radius 2 is 2.06 bits per heavy atom. The molecular weight excluding hydrogens is 204 g/mol. The molecule has 5 nitrogen and oxygen atoms in total. The van der Waals surface area contributed by atoms with Gasteiger partial charge >= 0.3 is 0 Å². The van der Waals surface area contributed by atoms with Crippen molar-refractivity contribution in [3.05, 3.63) is 23.8 Å². The van der Waals surface area contributed by atoms with E-state index in [1.54, 1.807) is 12.3 Å². The van der Waals surface area contributed by atoms with Crippen LogP contribution < -0.4 is 5.73 Å². The first-order valence-electron chi connectivity index (χ1n) is 5.05. The van der Waals surface area contributed by atoms with E-state index in [4.69, 9.17) is 5.73 Å². The number of rotatable bonds is 1. The molecule has 2 rings (SSSR count). The summed E-state index contributed by atoms with van der Waals surface area (Å²) in [5.41, 5.74) is 6.65. The van der Waals surface area contributed by atoms with Crippen molar-refractivity contribution < 1.29 is 4.79 Å². The summed E-state index contributed by atoms with van der Waals surface area (Å²) in [5.74, 6) is 0.0775. The Hall–Kier alpha value is -1.91. The minimum absolute atomic E-state index is 0.213. The molecule has 0 unspecified atom stereocenters. The molecule has 0 saturated carbocycles. The van der Waals surface area contributed by atoms with Crippen molar-refractivity contribution in [3.8, 4) is 0 Å². The zero-order chi connectivity index (χ0) is 11.9. The lowest BCUT2D eigenvalue weighted by atomic mass is 9.95. The van der Waals surface area contributed by atoms with Gasteiger partial charge in [-0.1, -0.05) is 20.8 Å². The first-order chi connectivity index (χ1) is 7.39. The molecule has 84 valence electrons. The second kappa shape index (κ2) is 3.30. The van der Waals surface area contributed by atoms with Crippen LogP contribution in [-0.4, -0.2) is 20.9 Å². The van der Waals surface area contributed by atoms with E-state index >= 15 is 0 Å². The highest BCUT2D eigenvalue weighted by molar-refractivity contribution is 6.01. The SMILES string of the molecule is CC(C)(C)c1nc(C(N)=O)c2[nH]ccc2n1. The number of aromatic amines is 1. The van der Waals surface area contributed by atoms with E-state index in [1.165, 1.54) is 0 Å². The molecular formula is C11H14N4O. The van der Waals surface area contributed by atoms with Crippen LogP contribution in [0.15, 0.2) is 12.3 Å². The van der Waals surface area contributed by atoms with Crippen LogP contribution in [0.4, 0.5) is 0 Å². The second-order valence-corrected chi connectivity index (χ2v) is 4.75. The molecule has 0 aliphatic carbocycles. The highest BCUT2D eigenvalue weighted by atomic mass is 16.1. The topological polar surface area (TPSA) is 84.7 Å². The molecule has 2 aromatic rings. The standard InChI is InChI=1S/C11H14N4O/c1-11(2,3)10-14-6-4-5-13-7(6)8(15-10)9(12)16/h4-5,13H,1-3H3,(H2,12,16). The average Bonchev–Trinajstić information content (AvgIpc) is 2.61. The van der Waals surface area contributed by atoms with Crippen molar-refractivity contribution >= 4 is 16.9 Å². The first-order valence-corrected chi connectivity index (χ1v) is 5.05. The van der Waals surface area contributed by atoms with Crippen molar-refractivity contribution in [2.75, 3.05) is 0 Å². The van der Waals surface area contributed by atoms with E-state index in [1.807, 2.05) is 20.8 Å². The van der Waals surface area contributed by atoms with E-state index in [0.29, 0.717) is 16.9 Å². The summed E-state index contributed by atoms with van der Waals surface area (Å²) >= 11 is 0. The van der Waals surface area contributed by atoms with Crippen molar-refractivity contribution in [1.29, 1.82) is 0 Å². The number of hydrogen-bond acceptors (Lipinski definition) is 3. The first kappa shape index (κ1) is 10.6. The highest BCUT2D eigenvalue weighted by Gasteiger charge is 2.21. The summed E-state index contributed by atoms with van der Waals surface area (Å²) in [6.07, 6.45) is 1.72. The smallest absolute Gasteiger partial charge is 0.269 e. The van der Waals surface area contributed by atoms with Crippen LogP contribution in [-0.2, 0) is 5.41 Å². The molecule has 3 N–H and O–H groups in total. The summed E-state index contributed by atoms with van der Waals surface area (Å²) in [6.45, 7) is 5.97. The molecule has 2 heterocycles. The fraction of sp³-hybridized carbons (Fsp3) is 0.364. The van der Waals surface area contributed by atoms with Crippen LogP contribution in [0, 0.1) is 0 Å². The molecule has 0 radical (unpaired) electrons. The zero-order valence-corrected chi connectivity index (χ0v) is 9.53. The molecule has 5 heteroatoms. The number of fused-ring (bicyclic) bond motifs is 1. The summed E-state index contributed by atoms with van der Waals surface area (Å²) in [6, 6.07) is 1.80. The summed E-state index contributed by atoms with van der Waals surface area (Å²) in [4.78, 5) is 22.9. The van der Waals surface area contributed by atoms with E-state index in [9.17, 15) is 4.79 Å². The number of nitrogens with zero attached hydrogens (tertiary/aromatic N) is 2. The van der Waals surface area contributed by atoms with Gasteiger partial charge in [-0.25, -0.2) is 9.97 Å². The van der Waals surface area contributed by atoms with E-state index in [2.05, 4.69) is 15.0 Å². The maximum atomic E-state index is 11.3. The van der Waals surface area contributed by atoms with Crippen molar-refractivity contribution in [2.45, 2.75) is 26.2 Å². The maximum Gasteiger partial charge on any atom is 0.269 e. The Kier molecular flexibility index (Phi) is 2.18. The maximum absolute atomic E-state index is 11.3. The van der Waals surface area contributed by atoms with Crippen LogP contribution in [0.5, 0.6) is 0 Å². The van der Waals surface area contributed by atoms with E-state index in [-0.39, 0.29) is 11.1 Å². The normalized spacial score (nSPS) is 11.9. The Balaban J connectivity index is 2.76. The van der Waals surface area contributed by atoms with Gasteiger partial charge in [-0.2, -0.15) is 0 Å². The Bertz CT molecular complexity index is 551. The predicted octanol–water partition coefficient (Wildman–Crippen LogP) is 1.35. The minimum atomic E-state index is -0.541. The number of carbonyl (C=O) groups is 1. The molecule has 0 bridgehead atoms. The fourth-order valence-electron chi connectivity index (χ4n) is 1.46. The summed E-state index contributed by atoms with van der Waals surface area (Å²) in [5, 5.41) is 0. The molecule has 1 amide bonds. The number of carbonyl (C=O) groups excluding carboxylic acids is 1. The van der Waals surface area contributed by atoms with E-state index in [0.717, 1.165) is 0 Å². The molecule has 0 saturated heterocycles. The lowest BCUT2D eigenvalue weighted by molar-refractivity contribution is 0.0996. The zero-order valence-electron chi connectivity index (χ0n) is 9.53. The third-order valence-corrected chi connectivity index (χ3v) is 2.31. The van der Waals surface area contributed by atoms with E-state index < -0.39 is 5.91 Å². The fourth-order valence-corrected chi connectivity index (χ4v) is 1.46. The molecule has 0 aliphatic rings. The molecule has 2 aromatic heterocycles. The largest absolute Gasteiger partial charge is 0.364 e. The van der Waals surface area contributed by atoms with Gasteiger partial charge < -0.3 is 10.7 Å². The highest BCUT2D eigenvalue weighted by Crippen LogP contribution is 2.22. The number of primary amides is 1. The van der Waals surface area contributed by atoms with Crippen molar-refractivity contribution in [3.63, 3.8) is 0 Å². The molecule has 0 spiro atoms. The van der Waals surface area contributed by atoms with Gasteiger partial charge in [-0.15, -0.1) is 0 Å². The number of aromatic nitrogens is 3. The van der Waals surface area contributed by atoms with Crippen molar-refractivity contribution in [2.24, 2.45) is 5.73 Å². The number of nitrogens with one attached hydrogen (secondary N) is 1. The van der Waals surface area contributed by atoms with Gasteiger partial charge in [0.05, 0.1) is 11.0 Å². The van der Waals surface area contributed by atoms with Gasteiger partial charge in [0.2, 0.25) is 0 Å². The van der Waals surface area contributed by atoms with Gasteiger partial charge in [0, 0.05) is 11.6 Å². The lowest BCUT2D eigenvalue weighted by Crippen LogP contribution is -2.21. The second-order valence-electron chi connectivity index (χ2n) is 4.75. The molecule has 0 fully saturated rings. The number of H-pyrrole nitrogens is 1. The molecule has 0 aromatic carbocycles. The summed E-state index contributed by atoms with van der Waals surface area (Å²) < 4.78 is 0. The van der Waals surface area contributed by atoms with Crippen molar-refractivity contribution in [1.82, 2.24) is 15.0 Å². The Labute approximate surface area is 93.1 Å². The molecule has 0 aliphatic heterocycles. The number of amides is 1. The minimum Gasteiger partial charge on any atom is -0.364 e. The third-order valence-electron chi connectivity index (χ3n) is 2.31. The number of nitrogens with two attached hydrogens (primary N) is 1.